The molecule has 6 heteroatoms. The highest BCUT2D eigenvalue weighted by atomic mass is 16.5. The summed E-state index contributed by atoms with van der Waals surface area (Å²) in [5.74, 6) is 1.63. The third-order valence-corrected chi connectivity index (χ3v) is 5.29. The lowest BCUT2D eigenvalue weighted by molar-refractivity contribution is -0.138. The lowest BCUT2D eigenvalue weighted by Crippen LogP contribution is -2.39. The first kappa shape index (κ1) is 16.1. The Kier molecular flexibility index (Phi) is 4.42. The molecule has 1 N–H and O–H groups in total. The maximum atomic E-state index is 12.4. The fourth-order valence-corrected chi connectivity index (χ4v) is 3.83. The lowest BCUT2D eigenvalue weighted by atomic mass is 9.92. The van der Waals surface area contributed by atoms with Gasteiger partial charge in [-0.2, -0.15) is 0 Å². The number of esters is 1. The molecule has 132 valence electrons. The molecule has 1 aromatic heterocycles. The Bertz CT molecular complexity index is 744. The zero-order chi connectivity index (χ0) is 17.2. The third-order valence-electron chi connectivity index (χ3n) is 5.29. The van der Waals surface area contributed by atoms with E-state index in [2.05, 4.69) is 9.97 Å². The number of piperidine rings is 1. The molecule has 0 bridgehead atoms. The van der Waals surface area contributed by atoms with Crippen LogP contribution in [0, 0.1) is 11.8 Å². The van der Waals surface area contributed by atoms with Crippen molar-refractivity contribution in [2.45, 2.75) is 32.1 Å². The van der Waals surface area contributed by atoms with Gasteiger partial charge in [0.05, 0.1) is 24.1 Å². The number of carbonyl (C=O) groups excluding carboxylic acids is 2. The molecule has 2 fully saturated rings. The molecular formula is C19H23N3O3. The molecule has 25 heavy (non-hydrogen) atoms. The van der Waals surface area contributed by atoms with E-state index >= 15 is 0 Å². The smallest absolute Gasteiger partial charge is 0.306 e. The second-order valence-electron chi connectivity index (χ2n) is 7.19. The Morgan fingerprint density at radius 3 is 2.76 bits per heavy atom. The predicted molar refractivity (Wildman–Crippen MR) is 92.8 cm³/mol. The number of ether oxygens (including phenoxy) is 1. The molecule has 2 aliphatic rings. The van der Waals surface area contributed by atoms with E-state index in [1.54, 1.807) is 0 Å². The summed E-state index contributed by atoms with van der Waals surface area (Å²) in [6.07, 6.45) is 3.75. The summed E-state index contributed by atoms with van der Waals surface area (Å²) in [7, 11) is 0. The number of hydrogen-bond acceptors (Lipinski definition) is 4. The van der Waals surface area contributed by atoms with Crippen molar-refractivity contribution in [2.75, 3.05) is 19.7 Å². The molecule has 6 nitrogen and oxygen atoms in total. The van der Waals surface area contributed by atoms with Crippen LogP contribution in [0.2, 0.25) is 0 Å². The Hall–Kier alpha value is -2.37. The Morgan fingerprint density at radius 2 is 2.04 bits per heavy atom. The molecule has 0 saturated carbocycles. The van der Waals surface area contributed by atoms with Gasteiger partial charge in [0.25, 0.3) is 0 Å². The molecular weight excluding hydrogens is 318 g/mol. The van der Waals surface area contributed by atoms with Crippen molar-refractivity contribution in [3.8, 4) is 0 Å². The van der Waals surface area contributed by atoms with Crippen molar-refractivity contribution in [1.29, 1.82) is 0 Å². The van der Waals surface area contributed by atoms with Gasteiger partial charge in [-0.3, -0.25) is 9.59 Å². The summed E-state index contributed by atoms with van der Waals surface area (Å²) in [6.45, 7) is 1.99. The van der Waals surface area contributed by atoms with Crippen LogP contribution in [0.3, 0.4) is 0 Å². The van der Waals surface area contributed by atoms with Gasteiger partial charge in [0.1, 0.15) is 5.82 Å². The van der Waals surface area contributed by atoms with Crippen molar-refractivity contribution < 1.29 is 14.3 Å². The maximum absolute atomic E-state index is 12.4. The zero-order valence-corrected chi connectivity index (χ0v) is 14.2. The fourth-order valence-electron chi connectivity index (χ4n) is 3.83. The number of benzene rings is 1. The fraction of sp³-hybridized carbons (Fsp3) is 0.526. The maximum Gasteiger partial charge on any atom is 0.306 e. The molecule has 0 spiro atoms. The summed E-state index contributed by atoms with van der Waals surface area (Å²) in [6, 6.07) is 8.08. The minimum absolute atomic E-state index is 0.0632. The van der Waals surface area contributed by atoms with Crippen LogP contribution in [0.1, 0.15) is 31.5 Å². The second-order valence-corrected chi connectivity index (χ2v) is 7.19. The van der Waals surface area contributed by atoms with Gasteiger partial charge in [0.2, 0.25) is 5.91 Å². The Morgan fingerprint density at radius 1 is 1.24 bits per heavy atom. The molecule has 0 unspecified atom stereocenters. The number of para-hydroxylation sites is 2. The van der Waals surface area contributed by atoms with E-state index in [-0.39, 0.29) is 17.8 Å². The highest BCUT2D eigenvalue weighted by Gasteiger charge is 2.29. The second kappa shape index (κ2) is 6.86. The number of imidazole rings is 1. The van der Waals surface area contributed by atoms with Gasteiger partial charge in [-0.1, -0.05) is 12.1 Å². The number of cyclic esters (lactones) is 1. The van der Waals surface area contributed by atoms with Crippen LogP contribution in [0.15, 0.2) is 24.3 Å². The van der Waals surface area contributed by atoms with Gasteiger partial charge in [-0.25, -0.2) is 4.98 Å². The summed E-state index contributed by atoms with van der Waals surface area (Å²) < 4.78 is 4.94. The van der Waals surface area contributed by atoms with Crippen molar-refractivity contribution in [3.63, 3.8) is 0 Å². The van der Waals surface area contributed by atoms with Gasteiger partial charge in [-0.15, -0.1) is 0 Å². The molecule has 0 radical (unpaired) electrons. The number of rotatable bonds is 4. The van der Waals surface area contributed by atoms with Crippen molar-refractivity contribution in [3.05, 3.63) is 30.1 Å². The molecule has 2 saturated heterocycles. The van der Waals surface area contributed by atoms with E-state index in [0.717, 1.165) is 49.2 Å². The molecule has 1 amide bonds. The number of carbonyl (C=O) groups is 2. The largest absolute Gasteiger partial charge is 0.465 e. The predicted octanol–water partition coefficient (Wildman–Crippen LogP) is 2.30. The standard InChI is InChI=1S/C19H23N3O3/c23-18(10-14-11-19(24)25-12-14)22-7-5-13(6-8-22)9-17-20-15-3-1-2-4-16(15)21-17/h1-4,13-14H,5-12H2,(H,20,21)/t14-/m0/s1. The summed E-state index contributed by atoms with van der Waals surface area (Å²) in [5, 5.41) is 0. The van der Waals surface area contributed by atoms with E-state index in [9.17, 15) is 9.59 Å². The first-order chi connectivity index (χ1) is 12.2. The monoisotopic (exact) mass is 341 g/mol. The van der Waals surface area contributed by atoms with E-state index in [1.165, 1.54) is 0 Å². The number of fused-ring (bicyclic) bond motifs is 1. The first-order valence-corrected chi connectivity index (χ1v) is 9.04. The Labute approximate surface area is 146 Å². The van der Waals surface area contributed by atoms with Crippen LogP contribution in [-0.2, 0) is 20.7 Å². The molecule has 4 rings (SSSR count). The van der Waals surface area contributed by atoms with Gasteiger partial charge >= 0.3 is 5.97 Å². The lowest BCUT2D eigenvalue weighted by Gasteiger charge is -2.32. The molecule has 1 aromatic carbocycles. The third kappa shape index (κ3) is 3.67. The minimum Gasteiger partial charge on any atom is -0.465 e. The van der Waals surface area contributed by atoms with Crippen LogP contribution in [0.4, 0.5) is 0 Å². The van der Waals surface area contributed by atoms with E-state index < -0.39 is 0 Å². The van der Waals surface area contributed by atoms with Crippen molar-refractivity contribution >= 4 is 22.9 Å². The molecule has 1 atom stereocenters. The number of amides is 1. The quantitative estimate of drug-likeness (QED) is 0.866. The summed E-state index contributed by atoms with van der Waals surface area (Å²) >= 11 is 0. The molecule has 2 aromatic rings. The zero-order valence-electron chi connectivity index (χ0n) is 14.2. The van der Waals surface area contributed by atoms with Crippen LogP contribution in [-0.4, -0.2) is 46.4 Å². The SMILES string of the molecule is O=C1C[C@H](CC(=O)N2CCC(Cc3nc4ccccc4[nH]3)CC2)CO1. The average Bonchev–Trinajstić information content (AvgIpc) is 3.20. The van der Waals surface area contributed by atoms with Crippen LogP contribution < -0.4 is 0 Å². The van der Waals surface area contributed by atoms with Gasteiger partial charge in [-0.05, 0) is 30.9 Å². The topological polar surface area (TPSA) is 75.3 Å². The van der Waals surface area contributed by atoms with Gasteiger partial charge in [0.15, 0.2) is 0 Å². The highest BCUT2D eigenvalue weighted by Crippen LogP contribution is 2.24. The number of likely N-dealkylation sites (tertiary alicyclic amines) is 1. The number of aromatic amines is 1. The van der Waals surface area contributed by atoms with Crippen LogP contribution >= 0.6 is 0 Å². The van der Waals surface area contributed by atoms with E-state index in [0.29, 0.717) is 25.4 Å². The molecule has 2 aliphatic heterocycles. The number of hydrogen-bond donors (Lipinski definition) is 1. The Balaban J connectivity index is 1.27. The number of nitrogens with one attached hydrogen (secondary N) is 1. The number of H-pyrrole nitrogens is 1. The summed E-state index contributed by atoms with van der Waals surface area (Å²) in [5.41, 5.74) is 2.09. The van der Waals surface area contributed by atoms with Gasteiger partial charge in [0, 0.05) is 31.8 Å². The number of aromatic nitrogens is 2. The van der Waals surface area contributed by atoms with Crippen molar-refractivity contribution in [1.82, 2.24) is 14.9 Å². The molecule has 3 heterocycles. The minimum atomic E-state index is -0.178. The van der Waals surface area contributed by atoms with Crippen LogP contribution in [0.5, 0.6) is 0 Å². The van der Waals surface area contributed by atoms with E-state index in [1.807, 2.05) is 29.2 Å². The van der Waals surface area contributed by atoms with Crippen LogP contribution in [0.25, 0.3) is 11.0 Å². The van der Waals surface area contributed by atoms with Gasteiger partial charge < -0.3 is 14.6 Å². The van der Waals surface area contributed by atoms with E-state index in [4.69, 9.17) is 4.74 Å². The normalized spacial score (nSPS) is 21.7. The highest BCUT2D eigenvalue weighted by molar-refractivity contribution is 5.78. The average molecular weight is 341 g/mol. The van der Waals surface area contributed by atoms with Crippen molar-refractivity contribution in [2.24, 2.45) is 11.8 Å². The summed E-state index contributed by atoms with van der Waals surface area (Å²) in [4.78, 5) is 33.5. The first-order valence-electron chi connectivity index (χ1n) is 9.04. The molecule has 0 aliphatic carbocycles. The number of nitrogens with zero attached hydrogens (tertiary/aromatic N) is 2.